The fourth-order valence-electron chi connectivity index (χ4n) is 2.33. The van der Waals surface area contributed by atoms with Gasteiger partial charge in [-0.1, -0.05) is 0 Å². The van der Waals surface area contributed by atoms with E-state index in [1.807, 2.05) is 62.4 Å². The van der Waals surface area contributed by atoms with Gasteiger partial charge in [0.25, 0.3) is 0 Å². The van der Waals surface area contributed by atoms with E-state index in [9.17, 15) is 9.59 Å². The third-order valence-electron chi connectivity index (χ3n) is 3.77. The molecule has 0 radical (unpaired) electrons. The number of amides is 2. The second-order valence-electron chi connectivity index (χ2n) is 6.09. The standard InChI is InChI=1S/C22H26N4O4/c1-3-29-19-9-5-17(6-10-19)15-23-25-21(27)13-14-22(28)26-24-16-18-7-11-20(12-8-18)30-4-2/h5-12,15-16H,3-4,13-14H2,1-2H3,(H,25,27)(H,26,28)/b23-15-,24-16-. The van der Waals surface area contributed by atoms with Gasteiger partial charge in [-0.2, -0.15) is 10.2 Å². The van der Waals surface area contributed by atoms with Crippen LogP contribution in [-0.4, -0.2) is 37.5 Å². The first-order chi connectivity index (χ1) is 14.6. The van der Waals surface area contributed by atoms with Gasteiger partial charge in [-0.05, 0) is 73.5 Å². The van der Waals surface area contributed by atoms with Crippen molar-refractivity contribution in [3.63, 3.8) is 0 Å². The monoisotopic (exact) mass is 410 g/mol. The summed E-state index contributed by atoms with van der Waals surface area (Å²) in [5, 5.41) is 7.76. The van der Waals surface area contributed by atoms with Crippen LogP contribution >= 0.6 is 0 Å². The second-order valence-corrected chi connectivity index (χ2v) is 6.09. The van der Waals surface area contributed by atoms with Crippen LogP contribution in [0.5, 0.6) is 11.5 Å². The molecule has 0 saturated heterocycles. The SMILES string of the molecule is CCOc1ccc(/C=N\NC(=O)CCC(=O)N/N=C\c2ccc(OCC)cc2)cc1. The Morgan fingerprint density at radius 1 is 0.733 bits per heavy atom. The molecule has 0 heterocycles. The predicted octanol–water partition coefficient (Wildman–Crippen LogP) is 2.86. The van der Waals surface area contributed by atoms with Crippen LogP contribution in [0.1, 0.15) is 37.8 Å². The Morgan fingerprint density at radius 3 is 1.43 bits per heavy atom. The van der Waals surface area contributed by atoms with Crippen molar-refractivity contribution < 1.29 is 19.1 Å². The van der Waals surface area contributed by atoms with Crippen molar-refractivity contribution in [1.82, 2.24) is 10.9 Å². The molecule has 0 unspecified atom stereocenters. The van der Waals surface area contributed by atoms with Crippen molar-refractivity contribution in [3.8, 4) is 11.5 Å². The summed E-state index contributed by atoms with van der Waals surface area (Å²) in [7, 11) is 0. The van der Waals surface area contributed by atoms with Crippen LogP contribution in [0.3, 0.4) is 0 Å². The number of ether oxygens (including phenoxy) is 2. The molecule has 158 valence electrons. The molecular formula is C22H26N4O4. The van der Waals surface area contributed by atoms with Crippen molar-refractivity contribution in [2.75, 3.05) is 13.2 Å². The molecule has 2 N–H and O–H groups in total. The topological polar surface area (TPSA) is 101 Å². The fourth-order valence-corrected chi connectivity index (χ4v) is 2.33. The van der Waals surface area contributed by atoms with Crippen LogP contribution in [0.4, 0.5) is 0 Å². The first-order valence-electron chi connectivity index (χ1n) is 9.70. The van der Waals surface area contributed by atoms with E-state index in [1.165, 1.54) is 12.4 Å². The zero-order chi connectivity index (χ0) is 21.6. The van der Waals surface area contributed by atoms with Crippen LogP contribution in [-0.2, 0) is 9.59 Å². The Labute approximate surface area is 176 Å². The summed E-state index contributed by atoms with van der Waals surface area (Å²) in [6.45, 7) is 5.03. The molecule has 2 rings (SSSR count). The Kier molecular flexibility index (Phi) is 9.58. The highest BCUT2D eigenvalue weighted by Crippen LogP contribution is 2.11. The molecule has 8 nitrogen and oxygen atoms in total. The Hall–Kier alpha value is -3.68. The lowest BCUT2D eigenvalue weighted by atomic mass is 10.2. The first kappa shape index (κ1) is 22.6. The lowest BCUT2D eigenvalue weighted by Gasteiger charge is -2.03. The van der Waals surface area contributed by atoms with E-state index in [2.05, 4.69) is 21.1 Å². The number of hydrogen-bond acceptors (Lipinski definition) is 6. The number of hydrogen-bond donors (Lipinski definition) is 2. The number of nitrogens with one attached hydrogen (secondary N) is 2. The van der Waals surface area contributed by atoms with Gasteiger partial charge in [-0.15, -0.1) is 0 Å². The third-order valence-corrected chi connectivity index (χ3v) is 3.77. The van der Waals surface area contributed by atoms with E-state index in [0.29, 0.717) is 13.2 Å². The first-order valence-corrected chi connectivity index (χ1v) is 9.70. The largest absolute Gasteiger partial charge is 0.494 e. The summed E-state index contributed by atoms with van der Waals surface area (Å²) in [6.07, 6.45) is 3.06. The average molecular weight is 410 g/mol. The van der Waals surface area contributed by atoms with E-state index in [4.69, 9.17) is 9.47 Å². The van der Waals surface area contributed by atoms with Crippen LogP contribution < -0.4 is 20.3 Å². The van der Waals surface area contributed by atoms with Gasteiger partial charge in [0.2, 0.25) is 11.8 Å². The Balaban J connectivity index is 1.66. The second kappa shape index (κ2) is 12.7. The molecule has 2 aromatic rings. The predicted molar refractivity (Wildman–Crippen MR) is 116 cm³/mol. The molecule has 0 atom stereocenters. The number of nitrogens with zero attached hydrogens (tertiary/aromatic N) is 2. The Bertz CT molecular complexity index is 788. The molecule has 0 fully saturated rings. The van der Waals surface area contributed by atoms with E-state index < -0.39 is 0 Å². The van der Waals surface area contributed by atoms with E-state index in [0.717, 1.165) is 22.6 Å². The minimum absolute atomic E-state index is 0.00498. The maximum atomic E-state index is 11.8. The highest BCUT2D eigenvalue weighted by molar-refractivity contribution is 5.86. The number of carbonyl (C=O) groups is 2. The van der Waals surface area contributed by atoms with Crippen LogP contribution in [0.2, 0.25) is 0 Å². The average Bonchev–Trinajstić information content (AvgIpc) is 2.75. The maximum absolute atomic E-state index is 11.8. The minimum Gasteiger partial charge on any atom is -0.494 e. The van der Waals surface area contributed by atoms with E-state index in [1.54, 1.807) is 0 Å². The molecule has 0 spiro atoms. The van der Waals surface area contributed by atoms with Gasteiger partial charge in [-0.25, -0.2) is 10.9 Å². The number of carbonyl (C=O) groups excluding carboxylic acids is 2. The summed E-state index contributed by atoms with van der Waals surface area (Å²) in [5.74, 6) is 0.829. The fraction of sp³-hybridized carbons (Fsp3) is 0.273. The molecule has 0 aliphatic rings. The quantitative estimate of drug-likeness (QED) is 0.439. The van der Waals surface area contributed by atoms with Crippen molar-refractivity contribution >= 4 is 24.2 Å². The van der Waals surface area contributed by atoms with Crippen molar-refractivity contribution in [3.05, 3.63) is 59.7 Å². The van der Waals surface area contributed by atoms with Gasteiger partial charge in [0.1, 0.15) is 11.5 Å². The number of benzene rings is 2. The summed E-state index contributed by atoms with van der Waals surface area (Å²) >= 11 is 0. The lowest BCUT2D eigenvalue weighted by molar-refractivity contribution is -0.126. The lowest BCUT2D eigenvalue weighted by Crippen LogP contribution is -2.22. The zero-order valence-corrected chi connectivity index (χ0v) is 17.1. The van der Waals surface area contributed by atoms with Gasteiger partial charge in [0, 0.05) is 12.8 Å². The molecule has 2 aromatic carbocycles. The summed E-state index contributed by atoms with van der Waals surface area (Å²) in [4.78, 5) is 23.6. The van der Waals surface area contributed by atoms with Gasteiger partial charge >= 0.3 is 0 Å². The maximum Gasteiger partial charge on any atom is 0.240 e. The van der Waals surface area contributed by atoms with Gasteiger partial charge in [0.05, 0.1) is 25.6 Å². The van der Waals surface area contributed by atoms with Crippen LogP contribution in [0.15, 0.2) is 58.7 Å². The van der Waals surface area contributed by atoms with E-state index in [-0.39, 0.29) is 24.7 Å². The molecule has 30 heavy (non-hydrogen) atoms. The smallest absolute Gasteiger partial charge is 0.240 e. The number of rotatable bonds is 11. The number of hydrazone groups is 2. The molecule has 2 amide bonds. The molecule has 0 bridgehead atoms. The van der Waals surface area contributed by atoms with Gasteiger partial charge in [0.15, 0.2) is 0 Å². The van der Waals surface area contributed by atoms with Crippen LogP contribution in [0, 0.1) is 0 Å². The third kappa shape index (κ3) is 8.55. The van der Waals surface area contributed by atoms with E-state index >= 15 is 0 Å². The van der Waals surface area contributed by atoms with Crippen molar-refractivity contribution in [1.29, 1.82) is 0 Å². The van der Waals surface area contributed by atoms with Crippen LogP contribution in [0.25, 0.3) is 0 Å². The summed E-state index contributed by atoms with van der Waals surface area (Å²) < 4.78 is 10.7. The summed E-state index contributed by atoms with van der Waals surface area (Å²) in [6, 6.07) is 14.6. The molecule has 0 saturated carbocycles. The Morgan fingerprint density at radius 2 is 1.10 bits per heavy atom. The normalized spacial score (nSPS) is 10.9. The highest BCUT2D eigenvalue weighted by Gasteiger charge is 2.05. The molecule has 0 aliphatic carbocycles. The molecule has 0 aliphatic heterocycles. The molecule has 0 aromatic heterocycles. The van der Waals surface area contributed by atoms with Crippen molar-refractivity contribution in [2.24, 2.45) is 10.2 Å². The molecule has 8 heteroatoms. The highest BCUT2D eigenvalue weighted by atomic mass is 16.5. The van der Waals surface area contributed by atoms with Gasteiger partial charge in [-0.3, -0.25) is 9.59 Å². The summed E-state index contributed by atoms with van der Waals surface area (Å²) in [5.41, 5.74) is 6.42. The minimum atomic E-state index is -0.358. The van der Waals surface area contributed by atoms with Gasteiger partial charge < -0.3 is 9.47 Å². The van der Waals surface area contributed by atoms with Crippen molar-refractivity contribution in [2.45, 2.75) is 26.7 Å². The molecular weight excluding hydrogens is 384 g/mol. The zero-order valence-electron chi connectivity index (χ0n) is 17.1.